The summed E-state index contributed by atoms with van der Waals surface area (Å²) in [6.45, 7) is 0. The van der Waals surface area contributed by atoms with Crippen molar-refractivity contribution < 1.29 is 4.42 Å². The van der Waals surface area contributed by atoms with Gasteiger partial charge < -0.3 is 8.98 Å². The molecular formula is C53H32N4O. The molecule has 12 rings (SSSR count). The first-order valence-electron chi connectivity index (χ1n) is 19.5. The van der Waals surface area contributed by atoms with Crippen molar-refractivity contribution in [3.8, 4) is 51.0 Å². The molecular weight excluding hydrogens is 709 g/mol. The van der Waals surface area contributed by atoms with Crippen LogP contribution in [0.3, 0.4) is 0 Å². The normalized spacial score (nSPS) is 11.8. The number of benzene rings is 9. The number of nitrogens with zero attached hydrogens (tertiary/aromatic N) is 4. The summed E-state index contributed by atoms with van der Waals surface area (Å²) >= 11 is 0. The van der Waals surface area contributed by atoms with Crippen molar-refractivity contribution in [1.29, 1.82) is 0 Å². The highest BCUT2D eigenvalue weighted by Gasteiger charge is 2.23. The second-order valence-corrected chi connectivity index (χ2v) is 14.7. The Labute approximate surface area is 333 Å². The van der Waals surface area contributed by atoms with E-state index in [2.05, 4.69) is 180 Å². The summed E-state index contributed by atoms with van der Waals surface area (Å²) < 4.78 is 9.02. The second kappa shape index (κ2) is 12.8. The fourth-order valence-corrected chi connectivity index (χ4v) is 8.81. The lowest BCUT2D eigenvalue weighted by Gasteiger charge is -2.12. The molecule has 3 heterocycles. The van der Waals surface area contributed by atoms with Gasteiger partial charge in [0.25, 0.3) is 0 Å². The molecule has 0 saturated carbocycles. The first-order chi connectivity index (χ1) is 28.8. The third-order valence-corrected chi connectivity index (χ3v) is 11.4. The SMILES string of the molecule is c1ccc(-c2ccc3c4c(-c5nc(-c6ccccc6)nc(-c6cc7c(oc8ccc9ccccc9c87)c7ccccc67)n5)cccc4n(-c4ccccc4)c3c2)cc1. The smallest absolute Gasteiger partial charge is 0.164 e. The Morgan fingerprint density at radius 2 is 1.02 bits per heavy atom. The molecule has 5 nitrogen and oxygen atoms in total. The van der Waals surface area contributed by atoms with Crippen molar-refractivity contribution in [2.24, 2.45) is 0 Å². The van der Waals surface area contributed by atoms with Crippen LogP contribution < -0.4 is 0 Å². The number of aromatic nitrogens is 4. The van der Waals surface area contributed by atoms with Crippen LogP contribution in [0.15, 0.2) is 199 Å². The third kappa shape index (κ3) is 5.00. The van der Waals surface area contributed by atoms with Gasteiger partial charge >= 0.3 is 0 Å². The summed E-state index contributed by atoms with van der Waals surface area (Å²) in [4.78, 5) is 16.0. The van der Waals surface area contributed by atoms with Gasteiger partial charge in [-0.25, -0.2) is 15.0 Å². The number of fused-ring (bicyclic) bond motifs is 10. The molecule has 0 unspecified atom stereocenters. The number of rotatable bonds is 5. The average molecular weight is 741 g/mol. The summed E-state index contributed by atoms with van der Waals surface area (Å²) in [5.74, 6) is 1.83. The van der Waals surface area contributed by atoms with E-state index in [0.29, 0.717) is 17.5 Å². The molecule has 0 bridgehead atoms. The van der Waals surface area contributed by atoms with E-state index in [9.17, 15) is 0 Å². The van der Waals surface area contributed by atoms with E-state index in [4.69, 9.17) is 19.4 Å². The minimum atomic E-state index is 0.603. The fourth-order valence-electron chi connectivity index (χ4n) is 8.81. The maximum absolute atomic E-state index is 6.66. The van der Waals surface area contributed by atoms with Crippen LogP contribution in [0.2, 0.25) is 0 Å². The zero-order valence-corrected chi connectivity index (χ0v) is 31.2. The van der Waals surface area contributed by atoms with Crippen LogP contribution in [0.25, 0.3) is 116 Å². The quantitative estimate of drug-likeness (QED) is 0.176. The van der Waals surface area contributed by atoms with Gasteiger partial charge in [-0.2, -0.15) is 0 Å². The first-order valence-corrected chi connectivity index (χ1v) is 19.5. The lowest BCUT2D eigenvalue weighted by molar-refractivity contribution is 0.673. The van der Waals surface area contributed by atoms with Gasteiger partial charge in [-0.15, -0.1) is 0 Å². The van der Waals surface area contributed by atoms with E-state index in [-0.39, 0.29) is 0 Å². The Bertz CT molecular complexity index is 3550. The Balaban J connectivity index is 1.16. The number of hydrogen-bond acceptors (Lipinski definition) is 4. The standard InChI is InChI=1S/C53H32N4O/c1-4-15-33(16-5-1)36-27-29-41-46(31-36)57(37-20-8-3-9-21-37)45-26-14-25-42(48(41)45)52-54-51(35-18-6-2-7-19-35)55-53(56-52)43-32-44-49-38-22-11-10-17-34(38)28-30-47(49)58-50(44)40-24-13-12-23-39(40)43/h1-32H. The van der Waals surface area contributed by atoms with Crippen molar-refractivity contribution in [2.75, 3.05) is 0 Å². The van der Waals surface area contributed by atoms with E-state index in [1.807, 2.05) is 18.2 Å². The van der Waals surface area contributed by atoms with Crippen LogP contribution in [0, 0.1) is 0 Å². The predicted octanol–water partition coefficient (Wildman–Crippen LogP) is 13.8. The molecule has 0 amide bonds. The minimum Gasteiger partial charge on any atom is -0.455 e. The molecule has 0 aliphatic carbocycles. The van der Waals surface area contributed by atoms with Gasteiger partial charge in [0.1, 0.15) is 11.2 Å². The van der Waals surface area contributed by atoms with Gasteiger partial charge in [-0.1, -0.05) is 158 Å². The van der Waals surface area contributed by atoms with E-state index < -0.39 is 0 Å². The van der Waals surface area contributed by atoms with E-state index in [0.717, 1.165) is 87.8 Å². The van der Waals surface area contributed by atoms with Crippen LogP contribution in [0.5, 0.6) is 0 Å². The van der Waals surface area contributed by atoms with E-state index >= 15 is 0 Å². The van der Waals surface area contributed by atoms with E-state index in [1.165, 1.54) is 10.9 Å². The van der Waals surface area contributed by atoms with Crippen LogP contribution in [0.1, 0.15) is 0 Å². The summed E-state index contributed by atoms with van der Waals surface area (Å²) in [6, 6.07) is 67.9. The highest BCUT2D eigenvalue weighted by atomic mass is 16.3. The van der Waals surface area contributed by atoms with Crippen molar-refractivity contribution in [3.05, 3.63) is 194 Å². The first kappa shape index (κ1) is 32.4. The third-order valence-electron chi connectivity index (χ3n) is 11.4. The lowest BCUT2D eigenvalue weighted by atomic mass is 9.97. The minimum absolute atomic E-state index is 0.603. The van der Waals surface area contributed by atoms with E-state index in [1.54, 1.807) is 0 Å². The van der Waals surface area contributed by atoms with Gasteiger partial charge in [-0.05, 0) is 63.7 Å². The molecule has 5 heteroatoms. The molecule has 0 radical (unpaired) electrons. The summed E-state index contributed by atoms with van der Waals surface area (Å²) in [5, 5.41) is 8.68. The molecule has 0 fully saturated rings. The molecule has 0 aliphatic heterocycles. The summed E-state index contributed by atoms with van der Waals surface area (Å²) in [5.41, 5.74) is 10.1. The maximum Gasteiger partial charge on any atom is 0.164 e. The topological polar surface area (TPSA) is 56.7 Å². The molecule has 0 N–H and O–H groups in total. The van der Waals surface area contributed by atoms with Gasteiger partial charge in [0.2, 0.25) is 0 Å². The molecule has 3 aromatic heterocycles. The van der Waals surface area contributed by atoms with Crippen molar-refractivity contribution >= 4 is 65.3 Å². The van der Waals surface area contributed by atoms with Crippen LogP contribution in [-0.2, 0) is 0 Å². The molecule has 0 aliphatic rings. The lowest BCUT2D eigenvalue weighted by Crippen LogP contribution is -2.01. The zero-order valence-electron chi connectivity index (χ0n) is 31.2. The summed E-state index contributed by atoms with van der Waals surface area (Å²) in [6.07, 6.45) is 0. The Hall–Kier alpha value is -7.89. The van der Waals surface area contributed by atoms with Crippen molar-refractivity contribution in [1.82, 2.24) is 19.5 Å². The van der Waals surface area contributed by atoms with Gasteiger partial charge in [0.15, 0.2) is 17.5 Å². The maximum atomic E-state index is 6.66. The largest absolute Gasteiger partial charge is 0.455 e. The second-order valence-electron chi connectivity index (χ2n) is 14.7. The Kier molecular flexibility index (Phi) is 7.16. The summed E-state index contributed by atoms with van der Waals surface area (Å²) in [7, 11) is 0. The van der Waals surface area contributed by atoms with Gasteiger partial charge in [0, 0.05) is 49.3 Å². The number of hydrogen-bond donors (Lipinski definition) is 0. The van der Waals surface area contributed by atoms with Crippen LogP contribution in [0.4, 0.5) is 0 Å². The molecule has 12 aromatic rings. The fraction of sp³-hybridized carbons (Fsp3) is 0. The molecule has 9 aromatic carbocycles. The van der Waals surface area contributed by atoms with Crippen molar-refractivity contribution in [3.63, 3.8) is 0 Å². The Morgan fingerprint density at radius 1 is 0.362 bits per heavy atom. The van der Waals surface area contributed by atoms with Gasteiger partial charge in [0.05, 0.1) is 11.0 Å². The molecule has 0 atom stereocenters. The van der Waals surface area contributed by atoms with Crippen LogP contribution >= 0.6 is 0 Å². The molecule has 58 heavy (non-hydrogen) atoms. The molecule has 270 valence electrons. The zero-order chi connectivity index (χ0) is 38.2. The van der Waals surface area contributed by atoms with Gasteiger partial charge in [-0.3, -0.25) is 0 Å². The average Bonchev–Trinajstić information content (AvgIpc) is 3.85. The molecule has 0 saturated heterocycles. The monoisotopic (exact) mass is 740 g/mol. The van der Waals surface area contributed by atoms with Crippen molar-refractivity contribution in [2.45, 2.75) is 0 Å². The number of furan rings is 1. The highest BCUT2D eigenvalue weighted by molar-refractivity contribution is 6.25. The Morgan fingerprint density at radius 3 is 1.81 bits per heavy atom. The predicted molar refractivity (Wildman–Crippen MR) is 238 cm³/mol. The highest BCUT2D eigenvalue weighted by Crippen LogP contribution is 2.43. The molecule has 0 spiro atoms. The van der Waals surface area contributed by atoms with Crippen LogP contribution in [-0.4, -0.2) is 19.5 Å². The number of para-hydroxylation sites is 1.